The molecule has 0 radical (unpaired) electrons. The van der Waals surface area contributed by atoms with Crippen molar-refractivity contribution in [3.8, 4) is 5.75 Å². The van der Waals surface area contributed by atoms with Gasteiger partial charge in [-0.25, -0.2) is 0 Å². The van der Waals surface area contributed by atoms with Crippen molar-refractivity contribution in [1.82, 2.24) is 9.80 Å². The number of rotatable bonds is 6. The van der Waals surface area contributed by atoms with Crippen molar-refractivity contribution in [1.29, 1.82) is 0 Å². The molecular weight excluding hydrogens is 384 g/mol. The highest BCUT2D eigenvalue weighted by molar-refractivity contribution is 9.10. The van der Waals surface area contributed by atoms with Gasteiger partial charge < -0.3 is 14.5 Å². The van der Waals surface area contributed by atoms with Crippen molar-refractivity contribution in [3.63, 3.8) is 0 Å². The fraction of sp³-hybridized carbons (Fsp3) is 0.579. The molecule has 1 unspecified atom stereocenters. The Morgan fingerprint density at radius 1 is 1.08 bits per heavy atom. The number of hydrogen-bond acceptors (Lipinski definition) is 3. The second kappa shape index (κ2) is 9.22. The van der Waals surface area contributed by atoms with Crippen LogP contribution in [-0.2, 0) is 9.59 Å². The largest absolute Gasteiger partial charge is 0.480 e. The summed E-state index contributed by atoms with van der Waals surface area (Å²) >= 11 is 3.42. The molecule has 138 valence electrons. The lowest BCUT2D eigenvalue weighted by atomic mass is 10.1. The number of carbonyl (C=O) groups is 2. The van der Waals surface area contributed by atoms with Crippen molar-refractivity contribution in [2.75, 3.05) is 26.2 Å². The Bertz CT molecular complexity index is 598. The lowest BCUT2D eigenvalue weighted by Gasteiger charge is -2.36. The molecular formula is C19H27BrN2O3. The molecule has 1 atom stereocenters. The monoisotopic (exact) mass is 410 g/mol. The molecule has 1 aromatic carbocycles. The first-order valence-electron chi connectivity index (χ1n) is 8.86. The molecule has 1 aliphatic heterocycles. The SMILES string of the molecule is CC(C)CCC(=O)N1CCN(C(=O)C(C)Oc2ccccc2Br)CC1. The third kappa shape index (κ3) is 5.73. The van der Waals surface area contributed by atoms with Crippen molar-refractivity contribution in [2.24, 2.45) is 5.92 Å². The van der Waals surface area contributed by atoms with Crippen LogP contribution in [0.25, 0.3) is 0 Å². The van der Waals surface area contributed by atoms with E-state index < -0.39 is 6.10 Å². The van der Waals surface area contributed by atoms with E-state index >= 15 is 0 Å². The van der Waals surface area contributed by atoms with Gasteiger partial charge in [0.25, 0.3) is 5.91 Å². The Labute approximate surface area is 158 Å². The fourth-order valence-corrected chi connectivity index (χ4v) is 3.16. The molecule has 5 nitrogen and oxygen atoms in total. The first-order chi connectivity index (χ1) is 11.9. The first-order valence-corrected chi connectivity index (χ1v) is 9.65. The number of amides is 2. The minimum atomic E-state index is -0.554. The van der Waals surface area contributed by atoms with Crippen LogP contribution in [0.5, 0.6) is 5.75 Å². The van der Waals surface area contributed by atoms with Gasteiger partial charge in [-0.1, -0.05) is 26.0 Å². The zero-order valence-electron chi connectivity index (χ0n) is 15.2. The summed E-state index contributed by atoms with van der Waals surface area (Å²) in [5.74, 6) is 1.34. The Kier molecular flexibility index (Phi) is 7.29. The number of para-hydroxylation sites is 1. The van der Waals surface area contributed by atoms with Gasteiger partial charge in [-0.05, 0) is 47.3 Å². The Hall–Kier alpha value is -1.56. The van der Waals surface area contributed by atoms with E-state index in [1.165, 1.54) is 0 Å². The Morgan fingerprint density at radius 2 is 1.68 bits per heavy atom. The van der Waals surface area contributed by atoms with Crippen molar-refractivity contribution in [2.45, 2.75) is 39.7 Å². The van der Waals surface area contributed by atoms with Crippen LogP contribution < -0.4 is 4.74 Å². The van der Waals surface area contributed by atoms with Gasteiger partial charge >= 0.3 is 0 Å². The predicted molar refractivity (Wildman–Crippen MR) is 101 cm³/mol. The third-order valence-corrected chi connectivity index (χ3v) is 5.02. The van der Waals surface area contributed by atoms with Crippen LogP contribution in [0.2, 0.25) is 0 Å². The second-order valence-electron chi connectivity index (χ2n) is 6.83. The van der Waals surface area contributed by atoms with Crippen molar-refractivity contribution in [3.05, 3.63) is 28.7 Å². The molecule has 1 aliphatic rings. The highest BCUT2D eigenvalue weighted by Crippen LogP contribution is 2.25. The van der Waals surface area contributed by atoms with E-state index in [4.69, 9.17) is 4.74 Å². The second-order valence-corrected chi connectivity index (χ2v) is 7.68. The fourth-order valence-electron chi connectivity index (χ4n) is 2.78. The minimum absolute atomic E-state index is 0.0370. The number of nitrogens with zero attached hydrogens (tertiary/aromatic N) is 2. The third-order valence-electron chi connectivity index (χ3n) is 4.37. The summed E-state index contributed by atoms with van der Waals surface area (Å²) in [7, 11) is 0. The van der Waals surface area contributed by atoms with Gasteiger partial charge in [0.1, 0.15) is 5.75 Å². The highest BCUT2D eigenvalue weighted by Gasteiger charge is 2.28. The maximum Gasteiger partial charge on any atom is 0.263 e. The number of ether oxygens (including phenoxy) is 1. The standard InChI is InChI=1S/C19H27BrN2O3/c1-14(2)8-9-18(23)21-10-12-22(13-11-21)19(24)15(3)25-17-7-5-4-6-16(17)20/h4-7,14-15H,8-13H2,1-3H3. The van der Waals surface area contributed by atoms with Crippen LogP contribution in [0, 0.1) is 5.92 Å². The molecule has 0 N–H and O–H groups in total. The van der Waals surface area contributed by atoms with E-state index in [0.717, 1.165) is 10.9 Å². The van der Waals surface area contributed by atoms with Crippen LogP contribution in [0.1, 0.15) is 33.6 Å². The van der Waals surface area contributed by atoms with E-state index in [-0.39, 0.29) is 11.8 Å². The molecule has 1 aromatic rings. The van der Waals surface area contributed by atoms with Crippen LogP contribution in [-0.4, -0.2) is 53.9 Å². The topological polar surface area (TPSA) is 49.9 Å². The van der Waals surface area contributed by atoms with E-state index in [1.807, 2.05) is 29.2 Å². The summed E-state index contributed by atoms with van der Waals surface area (Å²) in [5, 5.41) is 0. The molecule has 6 heteroatoms. The predicted octanol–water partition coefficient (Wildman–Crippen LogP) is 3.32. The highest BCUT2D eigenvalue weighted by atomic mass is 79.9. The number of hydrogen-bond donors (Lipinski definition) is 0. The molecule has 0 saturated carbocycles. The zero-order chi connectivity index (χ0) is 18.4. The summed E-state index contributed by atoms with van der Waals surface area (Å²) in [6, 6.07) is 7.49. The lowest BCUT2D eigenvalue weighted by molar-refractivity contribution is -0.143. The van der Waals surface area contributed by atoms with Gasteiger partial charge in [0.05, 0.1) is 4.47 Å². The molecule has 0 bridgehead atoms. The first kappa shape index (κ1) is 19.8. The lowest BCUT2D eigenvalue weighted by Crippen LogP contribution is -2.53. The minimum Gasteiger partial charge on any atom is -0.480 e. The summed E-state index contributed by atoms with van der Waals surface area (Å²) in [5.41, 5.74) is 0. The Balaban J connectivity index is 1.82. The van der Waals surface area contributed by atoms with E-state index in [1.54, 1.807) is 11.8 Å². The van der Waals surface area contributed by atoms with Crippen molar-refractivity contribution >= 4 is 27.7 Å². The maximum absolute atomic E-state index is 12.6. The number of carbonyl (C=O) groups excluding carboxylic acids is 2. The van der Waals surface area contributed by atoms with E-state index in [0.29, 0.717) is 44.3 Å². The molecule has 2 amide bonds. The molecule has 1 saturated heterocycles. The summed E-state index contributed by atoms with van der Waals surface area (Å²) < 4.78 is 6.61. The average molecular weight is 411 g/mol. The summed E-state index contributed by atoms with van der Waals surface area (Å²) in [6.45, 7) is 8.34. The molecule has 2 rings (SSSR count). The number of halogens is 1. The van der Waals surface area contributed by atoms with E-state index in [9.17, 15) is 9.59 Å². The zero-order valence-corrected chi connectivity index (χ0v) is 16.8. The summed E-state index contributed by atoms with van der Waals surface area (Å²) in [4.78, 5) is 28.4. The normalized spacial score (nSPS) is 16.0. The van der Waals surface area contributed by atoms with Gasteiger partial charge in [0.2, 0.25) is 5.91 Å². The number of piperazine rings is 1. The van der Waals surface area contributed by atoms with Gasteiger partial charge in [-0.2, -0.15) is 0 Å². The van der Waals surface area contributed by atoms with Crippen molar-refractivity contribution < 1.29 is 14.3 Å². The molecule has 0 aromatic heterocycles. The molecule has 1 fully saturated rings. The molecule has 1 heterocycles. The van der Waals surface area contributed by atoms with E-state index in [2.05, 4.69) is 29.8 Å². The van der Waals surface area contributed by atoms with Crippen LogP contribution in [0.15, 0.2) is 28.7 Å². The van der Waals surface area contributed by atoms with Crippen LogP contribution >= 0.6 is 15.9 Å². The maximum atomic E-state index is 12.6. The smallest absolute Gasteiger partial charge is 0.263 e. The molecule has 0 aliphatic carbocycles. The van der Waals surface area contributed by atoms with Gasteiger partial charge in [0, 0.05) is 32.6 Å². The van der Waals surface area contributed by atoms with Gasteiger partial charge in [0.15, 0.2) is 6.10 Å². The van der Waals surface area contributed by atoms with Gasteiger partial charge in [-0.3, -0.25) is 9.59 Å². The summed E-state index contributed by atoms with van der Waals surface area (Å²) in [6.07, 6.45) is 0.948. The molecule has 25 heavy (non-hydrogen) atoms. The average Bonchev–Trinajstić information content (AvgIpc) is 2.61. The Morgan fingerprint density at radius 3 is 2.28 bits per heavy atom. The molecule has 0 spiro atoms. The van der Waals surface area contributed by atoms with Crippen LogP contribution in [0.4, 0.5) is 0 Å². The van der Waals surface area contributed by atoms with Gasteiger partial charge in [-0.15, -0.1) is 0 Å². The number of benzene rings is 1. The quantitative estimate of drug-likeness (QED) is 0.722. The van der Waals surface area contributed by atoms with Crippen LogP contribution in [0.3, 0.4) is 0 Å².